The van der Waals surface area contributed by atoms with Gasteiger partial charge in [-0.15, -0.1) is 0 Å². The Kier molecular flexibility index (Phi) is 5.25. The van der Waals surface area contributed by atoms with E-state index in [4.69, 9.17) is 23.2 Å². The molecule has 3 nitrogen and oxygen atoms in total. The van der Waals surface area contributed by atoms with Crippen LogP contribution in [0.1, 0.15) is 20.3 Å². The number of hydrogen-bond acceptors (Lipinski definition) is 2. The standard InChI is InChI=1S/C11H15Cl2NO2S/c1-8(2)5-6-14-17(15,16)11-7-9(12)3-4-10(11)13/h3-4,7-8,14H,5-6H2,1-2H3. The highest BCUT2D eigenvalue weighted by atomic mass is 35.5. The molecule has 0 amide bonds. The van der Waals surface area contributed by atoms with Crippen LogP contribution in [0.2, 0.25) is 10.0 Å². The molecule has 0 heterocycles. The van der Waals surface area contributed by atoms with E-state index in [9.17, 15) is 8.42 Å². The smallest absolute Gasteiger partial charge is 0.211 e. The highest BCUT2D eigenvalue weighted by Gasteiger charge is 2.17. The van der Waals surface area contributed by atoms with Gasteiger partial charge in [-0.2, -0.15) is 0 Å². The third kappa shape index (κ3) is 4.47. The molecule has 0 saturated heterocycles. The van der Waals surface area contributed by atoms with Gasteiger partial charge >= 0.3 is 0 Å². The van der Waals surface area contributed by atoms with Gasteiger partial charge < -0.3 is 0 Å². The van der Waals surface area contributed by atoms with Crippen molar-refractivity contribution in [2.45, 2.75) is 25.2 Å². The molecule has 0 aliphatic heterocycles. The summed E-state index contributed by atoms with van der Waals surface area (Å²) in [6, 6.07) is 4.37. The van der Waals surface area contributed by atoms with Crippen LogP contribution >= 0.6 is 23.2 Å². The maximum absolute atomic E-state index is 11.9. The van der Waals surface area contributed by atoms with Crippen LogP contribution in [0, 0.1) is 5.92 Å². The van der Waals surface area contributed by atoms with E-state index in [1.807, 2.05) is 13.8 Å². The van der Waals surface area contributed by atoms with E-state index < -0.39 is 10.0 Å². The molecule has 1 N–H and O–H groups in total. The second-order valence-corrected chi connectivity index (χ2v) is 6.73. The molecule has 0 radical (unpaired) electrons. The molecular formula is C11H15Cl2NO2S. The molecule has 0 fully saturated rings. The Morgan fingerprint density at radius 1 is 1.29 bits per heavy atom. The lowest BCUT2D eigenvalue weighted by Crippen LogP contribution is -2.25. The van der Waals surface area contributed by atoms with E-state index >= 15 is 0 Å². The van der Waals surface area contributed by atoms with E-state index in [1.54, 1.807) is 6.07 Å². The van der Waals surface area contributed by atoms with Crippen molar-refractivity contribution < 1.29 is 8.42 Å². The number of nitrogens with one attached hydrogen (secondary N) is 1. The number of rotatable bonds is 5. The molecule has 0 spiro atoms. The first-order valence-electron chi connectivity index (χ1n) is 5.27. The first-order chi connectivity index (χ1) is 7.83. The van der Waals surface area contributed by atoms with Crippen LogP contribution in [-0.2, 0) is 10.0 Å². The average Bonchev–Trinajstić information content (AvgIpc) is 2.20. The fraction of sp³-hybridized carbons (Fsp3) is 0.455. The molecule has 0 unspecified atom stereocenters. The first-order valence-corrected chi connectivity index (χ1v) is 7.51. The Balaban J connectivity index is 2.86. The van der Waals surface area contributed by atoms with Crippen LogP contribution < -0.4 is 4.72 Å². The van der Waals surface area contributed by atoms with Crippen molar-refractivity contribution in [3.63, 3.8) is 0 Å². The summed E-state index contributed by atoms with van der Waals surface area (Å²) >= 11 is 11.6. The van der Waals surface area contributed by atoms with Crippen molar-refractivity contribution in [2.24, 2.45) is 5.92 Å². The molecule has 1 aromatic rings. The largest absolute Gasteiger partial charge is 0.242 e. The summed E-state index contributed by atoms with van der Waals surface area (Å²) in [4.78, 5) is 0.0235. The average molecular weight is 296 g/mol. The van der Waals surface area contributed by atoms with Crippen molar-refractivity contribution in [1.29, 1.82) is 0 Å². The fourth-order valence-corrected chi connectivity index (χ4v) is 3.05. The molecule has 1 aromatic carbocycles. The van der Waals surface area contributed by atoms with Crippen LogP contribution in [0.25, 0.3) is 0 Å². The van der Waals surface area contributed by atoms with Gasteiger partial charge in [0.1, 0.15) is 4.90 Å². The van der Waals surface area contributed by atoms with Crippen molar-refractivity contribution in [3.8, 4) is 0 Å². The molecule has 0 saturated carbocycles. The van der Waals surface area contributed by atoms with Crippen LogP contribution in [0.3, 0.4) is 0 Å². The lowest BCUT2D eigenvalue weighted by Gasteiger charge is -2.09. The number of hydrogen-bond donors (Lipinski definition) is 1. The van der Waals surface area contributed by atoms with Crippen LogP contribution in [0.4, 0.5) is 0 Å². The van der Waals surface area contributed by atoms with Gasteiger partial charge in [0.2, 0.25) is 10.0 Å². The van der Waals surface area contributed by atoms with Gasteiger partial charge in [-0.05, 0) is 30.5 Å². The molecule has 0 aliphatic carbocycles. The van der Waals surface area contributed by atoms with E-state index in [1.165, 1.54) is 12.1 Å². The Hall–Kier alpha value is -0.290. The van der Waals surface area contributed by atoms with Crippen molar-refractivity contribution in [3.05, 3.63) is 28.2 Å². The minimum absolute atomic E-state index is 0.0235. The van der Waals surface area contributed by atoms with E-state index in [0.717, 1.165) is 6.42 Å². The van der Waals surface area contributed by atoms with Gasteiger partial charge in [0.25, 0.3) is 0 Å². The topological polar surface area (TPSA) is 46.2 Å². The lowest BCUT2D eigenvalue weighted by molar-refractivity contribution is 0.551. The molecule has 0 bridgehead atoms. The third-order valence-corrected chi connectivity index (χ3v) is 4.37. The second-order valence-electron chi connectivity index (χ2n) is 4.16. The Bertz CT molecular complexity index is 486. The Morgan fingerprint density at radius 3 is 2.53 bits per heavy atom. The summed E-state index contributed by atoms with van der Waals surface area (Å²) in [5.74, 6) is 0.438. The lowest BCUT2D eigenvalue weighted by atomic mass is 10.1. The second kappa shape index (κ2) is 6.05. The summed E-state index contributed by atoms with van der Waals surface area (Å²) in [6.45, 7) is 4.45. The summed E-state index contributed by atoms with van der Waals surface area (Å²) in [5, 5.41) is 0.519. The predicted octanol–water partition coefficient (Wildman–Crippen LogP) is 3.32. The summed E-state index contributed by atoms with van der Waals surface area (Å²) in [7, 11) is -3.58. The maximum Gasteiger partial charge on any atom is 0.242 e. The van der Waals surface area contributed by atoms with Crippen molar-refractivity contribution in [2.75, 3.05) is 6.54 Å². The summed E-state index contributed by atoms with van der Waals surface area (Å²) in [6.07, 6.45) is 0.775. The molecule has 0 atom stereocenters. The van der Waals surface area contributed by atoms with Gasteiger partial charge in [0, 0.05) is 11.6 Å². The quantitative estimate of drug-likeness (QED) is 0.906. The number of halogens is 2. The highest BCUT2D eigenvalue weighted by Crippen LogP contribution is 2.24. The minimum atomic E-state index is -3.58. The van der Waals surface area contributed by atoms with Gasteiger partial charge in [0.15, 0.2) is 0 Å². The van der Waals surface area contributed by atoms with Crippen molar-refractivity contribution >= 4 is 33.2 Å². The van der Waals surface area contributed by atoms with Crippen LogP contribution in [0.15, 0.2) is 23.1 Å². The zero-order chi connectivity index (χ0) is 13.1. The zero-order valence-corrected chi connectivity index (χ0v) is 12.0. The monoisotopic (exact) mass is 295 g/mol. The van der Waals surface area contributed by atoms with Crippen molar-refractivity contribution in [1.82, 2.24) is 4.72 Å². The predicted molar refractivity (Wildman–Crippen MR) is 71.1 cm³/mol. The van der Waals surface area contributed by atoms with Crippen LogP contribution in [-0.4, -0.2) is 15.0 Å². The summed E-state index contributed by atoms with van der Waals surface area (Å²) < 4.78 is 26.4. The fourth-order valence-electron chi connectivity index (χ4n) is 1.24. The Morgan fingerprint density at radius 2 is 1.94 bits per heavy atom. The molecule has 0 aromatic heterocycles. The van der Waals surface area contributed by atoms with Crippen LogP contribution in [0.5, 0.6) is 0 Å². The molecule has 96 valence electrons. The first kappa shape index (κ1) is 14.8. The third-order valence-electron chi connectivity index (χ3n) is 2.20. The minimum Gasteiger partial charge on any atom is -0.211 e. The molecule has 1 rings (SSSR count). The Labute approximate surface area is 112 Å². The van der Waals surface area contributed by atoms with Gasteiger partial charge in [-0.25, -0.2) is 13.1 Å². The maximum atomic E-state index is 11.9. The SMILES string of the molecule is CC(C)CCNS(=O)(=O)c1cc(Cl)ccc1Cl. The molecule has 0 aliphatic rings. The van der Waals surface area contributed by atoms with Gasteiger partial charge in [-0.1, -0.05) is 37.0 Å². The van der Waals surface area contributed by atoms with E-state index in [-0.39, 0.29) is 9.92 Å². The normalized spacial score (nSPS) is 12.1. The zero-order valence-electron chi connectivity index (χ0n) is 9.70. The van der Waals surface area contributed by atoms with E-state index in [0.29, 0.717) is 17.5 Å². The van der Waals surface area contributed by atoms with E-state index in [2.05, 4.69) is 4.72 Å². The molecule has 17 heavy (non-hydrogen) atoms. The number of benzene rings is 1. The highest BCUT2D eigenvalue weighted by molar-refractivity contribution is 7.89. The van der Waals surface area contributed by atoms with Gasteiger partial charge in [0.05, 0.1) is 5.02 Å². The number of sulfonamides is 1. The van der Waals surface area contributed by atoms with Gasteiger partial charge in [-0.3, -0.25) is 0 Å². The summed E-state index contributed by atoms with van der Waals surface area (Å²) in [5.41, 5.74) is 0. The molecule has 6 heteroatoms. The molecular weight excluding hydrogens is 281 g/mol.